The third-order valence-corrected chi connectivity index (χ3v) is 8.02. The predicted octanol–water partition coefficient (Wildman–Crippen LogP) is 6.61. The number of rotatable bonds is 8. The molecule has 0 radical (unpaired) electrons. The van der Waals surface area contributed by atoms with E-state index in [2.05, 4.69) is 29.7 Å². The van der Waals surface area contributed by atoms with Crippen molar-refractivity contribution in [1.82, 2.24) is 5.32 Å². The Morgan fingerprint density at radius 1 is 0.974 bits per heavy atom. The van der Waals surface area contributed by atoms with Gasteiger partial charge in [-0.05, 0) is 118 Å². The van der Waals surface area contributed by atoms with Gasteiger partial charge in [0.05, 0.1) is 25.7 Å². The van der Waals surface area contributed by atoms with Crippen LogP contribution in [0.25, 0.3) is 0 Å². The number of carbonyl (C=O) groups is 1. The second kappa shape index (κ2) is 11.9. The highest BCUT2D eigenvalue weighted by molar-refractivity contribution is 6.30. The van der Waals surface area contributed by atoms with Crippen LogP contribution in [-0.2, 0) is 11.2 Å². The molecule has 5 rings (SSSR count). The lowest BCUT2D eigenvalue weighted by Gasteiger charge is -2.38. The zero-order chi connectivity index (χ0) is 27.5. The van der Waals surface area contributed by atoms with E-state index in [1.807, 2.05) is 67.3 Å². The van der Waals surface area contributed by atoms with Crippen LogP contribution in [0.15, 0.2) is 60.7 Å². The average Bonchev–Trinajstić information content (AvgIpc) is 2.93. The van der Waals surface area contributed by atoms with E-state index in [1.54, 1.807) is 7.11 Å². The van der Waals surface area contributed by atoms with Gasteiger partial charge in [-0.3, -0.25) is 4.79 Å². The number of amides is 1. The second-order valence-electron chi connectivity index (χ2n) is 10.8. The van der Waals surface area contributed by atoms with Crippen LogP contribution in [0.1, 0.15) is 56.3 Å². The smallest absolute Gasteiger partial charge is 0.232 e. The molecule has 2 N–H and O–H groups in total. The van der Waals surface area contributed by atoms with Crippen molar-refractivity contribution in [3.8, 4) is 11.5 Å². The number of fused-ring (bicyclic) bond motifs is 1. The summed E-state index contributed by atoms with van der Waals surface area (Å²) in [6.07, 6.45) is 2.64. The molecule has 0 aliphatic carbocycles. The summed E-state index contributed by atoms with van der Waals surface area (Å²) in [6, 6.07) is 20.0. The van der Waals surface area contributed by atoms with Crippen molar-refractivity contribution < 1.29 is 14.3 Å². The van der Waals surface area contributed by atoms with Crippen LogP contribution in [-0.4, -0.2) is 38.3 Å². The molecule has 1 unspecified atom stereocenters. The zero-order valence-electron chi connectivity index (χ0n) is 23.2. The van der Waals surface area contributed by atoms with Gasteiger partial charge in [-0.15, -0.1) is 0 Å². The highest BCUT2D eigenvalue weighted by Crippen LogP contribution is 2.44. The number of anilines is 2. The zero-order valence-corrected chi connectivity index (χ0v) is 23.9. The standard InChI is InChI=1S/C32H38ClN3O3/c1-20(2)39-30-19-28-24(17-29(30)38-4)18-31(37)36(32(28)23-5-7-25(33)8-6-23)27-11-9-26(10-12-27)35-21(3)22-13-15-34-16-14-22/h5-12,17,19-22,32,34-35H,13-16,18H2,1-4H3/t21?,32-/m0/s1. The molecule has 2 aliphatic rings. The normalized spacial score (nSPS) is 18.6. The summed E-state index contributed by atoms with van der Waals surface area (Å²) >= 11 is 6.24. The summed E-state index contributed by atoms with van der Waals surface area (Å²) in [7, 11) is 1.63. The number of halogens is 1. The molecule has 0 spiro atoms. The van der Waals surface area contributed by atoms with Gasteiger partial charge >= 0.3 is 0 Å². The van der Waals surface area contributed by atoms with Crippen molar-refractivity contribution in [2.45, 2.75) is 58.2 Å². The summed E-state index contributed by atoms with van der Waals surface area (Å²) < 4.78 is 11.7. The summed E-state index contributed by atoms with van der Waals surface area (Å²) in [5, 5.41) is 7.78. The largest absolute Gasteiger partial charge is 0.493 e. The third kappa shape index (κ3) is 6.02. The van der Waals surface area contributed by atoms with Crippen molar-refractivity contribution in [2.75, 3.05) is 30.4 Å². The Kier molecular flexibility index (Phi) is 8.34. The number of nitrogens with one attached hydrogen (secondary N) is 2. The SMILES string of the molecule is COc1cc2c(cc1OC(C)C)[C@H](c1ccc(Cl)cc1)N(c1ccc(NC(C)C3CCNCC3)cc1)C(=O)C2. The first kappa shape index (κ1) is 27.4. The Morgan fingerprint density at radius 3 is 2.31 bits per heavy atom. The lowest BCUT2D eigenvalue weighted by atomic mass is 9.86. The summed E-state index contributed by atoms with van der Waals surface area (Å²) in [6.45, 7) is 8.41. The fraction of sp³-hybridized carbons (Fsp3) is 0.406. The highest BCUT2D eigenvalue weighted by Gasteiger charge is 2.36. The van der Waals surface area contributed by atoms with E-state index in [9.17, 15) is 4.79 Å². The van der Waals surface area contributed by atoms with Crippen LogP contribution in [0, 0.1) is 5.92 Å². The molecule has 1 amide bonds. The van der Waals surface area contributed by atoms with Crippen LogP contribution in [0.5, 0.6) is 11.5 Å². The molecule has 6 nitrogen and oxygen atoms in total. The van der Waals surface area contributed by atoms with Gasteiger partial charge < -0.3 is 25.0 Å². The minimum atomic E-state index is -0.327. The number of benzene rings is 3. The van der Waals surface area contributed by atoms with Gasteiger partial charge in [-0.1, -0.05) is 23.7 Å². The van der Waals surface area contributed by atoms with E-state index in [0.717, 1.165) is 41.2 Å². The first-order valence-electron chi connectivity index (χ1n) is 13.9. The van der Waals surface area contributed by atoms with Crippen molar-refractivity contribution in [2.24, 2.45) is 5.92 Å². The minimum absolute atomic E-state index is 0.0143. The number of piperidine rings is 1. The number of ether oxygens (including phenoxy) is 2. The lowest BCUT2D eigenvalue weighted by molar-refractivity contribution is -0.118. The number of carbonyl (C=O) groups excluding carboxylic acids is 1. The Bertz CT molecular complexity index is 1290. The van der Waals surface area contributed by atoms with Gasteiger partial charge in [-0.2, -0.15) is 0 Å². The predicted molar refractivity (Wildman–Crippen MR) is 158 cm³/mol. The maximum absolute atomic E-state index is 13.7. The van der Waals surface area contributed by atoms with Gasteiger partial charge in [0.25, 0.3) is 0 Å². The number of nitrogens with zero attached hydrogens (tertiary/aromatic N) is 1. The fourth-order valence-corrected chi connectivity index (χ4v) is 5.90. The number of hydrogen-bond donors (Lipinski definition) is 2. The molecule has 39 heavy (non-hydrogen) atoms. The van der Waals surface area contributed by atoms with E-state index in [-0.39, 0.29) is 24.5 Å². The quantitative estimate of drug-likeness (QED) is 0.332. The minimum Gasteiger partial charge on any atom is -0.493 e. The van der Waals surface area contributed by atoms with E-state index >= 15 is 0 Å². The highest BCUT2D eigenvalue weighted by atomic mass is 35.5. The number of methoxy groups -OCH3 is 1. The van der Waals surface area contributed by atoms with Crippen molar-refractivity contribution in [3.05, 3.63) is 82.4 Å². The molecular weight excluding hydrogens is 510 g/mol. The number of hydrogen-bond acceptors (Lipinski definition) is 5. The maximum Gasteiger partial charge on any atom is 0.232 e. The lowest BCUT2D eigenvalue weighted by Crippen LogP contribution is -2.41. The van der Waals surface area contributed by atoms with Crippen LogP contribution in [0.3, 0.4) is 0 Å². The molecule has 2 heterocycles. The van der Waals surface area contributed by atoms with Gasteiger partial charge in [0.15, 0.2) is 11.5 Å². The molecule has 0 saturated carbocycles. The van der Waals surface area contributed by atoms with E-state index in [4.69, 9.17) is 21.1 Å². The fourth-order valence-electron chi connectivity index (χ4n) is 5.77. The molecular formula is C32H38ClN3O3. The van der Waals surface area contributed by atoms with E-state index in [1.165, 1.54) is 12.8 Å². The van der Waals surface area contributed by atoms with Crippen LogP contribution in [0.2, 0.25) is 5.02 Å². The van der Waals surface area contributed by atoms with Crippen molar-refractivity contribution in [3.63, 3.8) is 0 Å². The van der Waals surface area contributed by atoms with Crippen molar-refractivity contribution >= 4 is 28.9 Å². The maximum atomic E-state index is 13.7. The van der Waals surface area contributed by atoms with Gasteiger partial charge in [0, 0.05) is 22.4 Å². The first-order valence-corrected chi connectivity index (χ1v) is 14.2. The molecule has 3 aromatic carbocycles. The van der Waals surface area contributed by atoms with Crippen molar-refractivity contribution in [1.29, 1.82) is 0 Å². The molecule has 1 fully saturated rings. The van der Waals surface area contributed by atoms with E-state index in [0.29, 0.717) is 28.5 Å². The van der Waals surface area contributed by atoms with Crippen LogP contribution < -0.4 is 25.0 Å². The Balaban J connectivity index is 1.50. The monoisotopic (exact) mass is 547 g/mol. The summed E-state index contributed by atoms with van der Waals surface area (Å²) in [5.41, 5.74) is 4.87. The Hall–Kier alpha value is -3.22. The molecule has 0 bridgehead atoms. The summed E-state index contributed by atoms with van der Waals surface area (Å²) in [5.74, 6) is 1.99. The van der Waals surface area contributed by atoms with Crippen LogP contribution >= 0.6 is 11.6 Å². The summed E-state index contributed by atoms with van der Waals surface area (Å²) in [4.78, 5) is 15.6. The molecule has 1 saturated heterocycles. The Morgan fingerprint density at radius 2 is 1.67 bits per heavy atom. The third-order valence-electron chi connectivity index (χ3n) is 7.77. The van der Waals surface area contributed by atoms with E-state index < -0.39 is 0 Å². The Labute approximate surface area is 236 Å². The molecule has 0 aromatic heterocycles. The second-order valence-corrected chi connectivity index (χ2v) is 11.3. The molecule has 3 aromatic rings. The average molecular weight is 548 g/mol. The molecule has 7 heteroatoms. The van der Waals surface area contributed by atoms with Gasteiger partial charge in [0.1, 0.15) is 0 Å². The first-order chi connectivity index (χ1) is 18.8. The topological polar surface area (TPSA) is 62.8 Å². The molecule has 2 atom stereocenters. The molecule has 206 valence electrons. The molecule has 2 aliphatic heterocycles. The van der Waals surface area contributed by atoms with Crippen LogP contribution in [0.4, 0.5) is 11.4 Å². The van der Waals surface area contributed by atoms with Gasteiger partial charge in [-0.25, -0.2) is 0 Å². The van der Waals surface area contributed by atoms with Gasteiger partial charge in [0.2, 0.25) is 5.91 Å².